The van der Waals surface area contributed by atoms with E-state index in [1.165, 1.54) is 20.3 Å². The van der Waals surface area contributed by atoms with Gasteiger partial charge >= 0.3 is 11.9 Å². The molecule has 2 aromatic carbocycles. The average molecular weight is 440 g/mol. The van der Waals surface area contributed by atoms with Crippen molar-refractivity contribution in [3.05, 3.63) is 88.7 Å². The number of nitrogens with zero attached hydrogens (tertiary/aromatic N) is 1. The normalized spacial score (nSPS) is 13.3. The van der Waals surface area contributed by atoms with Crippen molar-refractivity contribution >= 4 is 33.6 Å². The molecule has 0 saturated carbocycles. The molecule has 2 aromatic rings. The number of rotatable bonds is 4. The van der Waals surface area contributed by atoms with E-state index in [4.69, 9.17) is 9.47 Å². The molecular formula is C22H18BrNO4. The van der Waals surface area contributed by atoms with Crippen LogP contribution in [0.1, 0.15) is 0 Å². The van der Waals surface area contributed by atoms with Gasteiger partial charge in [0.25, 0.3) is 0 Å². The van der Waals surface area contributed by atoms with Crippen molar-refractivity contribution in [3.8, 4) is 11.1 Å². The Bertz CT molecular complexity index is 973. The second kappa shape index (κ2) is 8.71. The van der Waals surface area contributed by atoms with Gasteiger partial charge in [-0.1, -0.05) is 46.3 Å². The van der Waals surface area contributed by atoms with Crippen LogP contribution in [0.2, 0.25) is 0 Å². The van der Waals surface area contributed by atoms with Crippen LogP contribution in [-0.2, 0) is 19.1 Å². The lowest BCUT2D eigenvalue weighted by Crippen LogP contribution is -2.26. The number of benzene rings is 2. The van der Waals surface area contributed by atoms with Gasteiger partial charge in [-0.05, 0) is 47.5 Å². The Morgan fingerprint density at radius 1 is 0.821 bits per heavy atom. The van der Waals surface area contributed by atoms with E-state index in [-0.39, 0.29) is 11.3 Å². The summed E-state index contributed by atoms with van der Waals surface area (Å²) in [6.45, 7) is 0. The zero-order chi connectivity index (χ0) is 20.1. The van der Waals surface area contributed by atoms with Crippen molar-refractivity contribution in [1.29, 1.82) is 0 Å². The van der Waals surface area contributed by atoms with Gasteiger partial charge in [-0.15, -0.1) is 0 Å². The second-order valence-electron chi connectivity index (χ2n) is 5.87. The van der Waals surface area contributed by atoms with Crippen LogP contribution >= 0.6 is 15.9 Å². The van der Waals surface area contributed by atoms with Gasteiger partial charge in [0.1, 0.15) is 5.70 Å². The highest BCUT2D eigenvalue weighted by molar-refractivity contribution is 9.10. The average Bonchev–Trinajstić information content (AvgIpc) is 2.96. The Morgan fingerprint density at radius 2 is 1.39 bits per heavy atom. The minimum atomic E-state index is -0.631. The number of hydrogen-bond donors (Lipinski definition) is 0. The predicted molar refractivity (Wildman–Crippen MR) is 111 cm³/mol. The molecule has 142 valence electrons. The lowest BCUT2D eigenvalue weighted by atomic mass is 10.0. The molecule has 1 aliphatic rings. The molecule has 28 heavy (non-hydrogen) atoms. The summed E-state index contributed by atoms with van der Waals surface area (Å²) in [5, 5.41) is 0. The van der Waals surface area contributed by atoms with Crippen LogP contribution in [0.4, 0.5) is 5.69 Å². The van der Waals surface area contributed by atoms with Crippen LogP contribution in [0, 0.1) is 0 Å². The third kappa shape index (κ3) is 4.07. The molecule has 3 rings (SSSR count). The molecule has 0 radical (unpaired) electrons. The lowest BCUT2D eigenvalue weighted by molar-refractivity contribution is -0.139. The molecule has 1 heterocycles. The van der Waals surface area contributed by atoms with Crippen molar-refractivity contribution in [2.75, 3.05) is 19.1 Å². The van der Waals surface area contributed by atoms with Crippen molar-refractivity contribution in [2.45, 2.75) is 0 Å². The molecule has 0 amide bonds. The van der Waals surface area contributed by atoms with Crippen LogP contribution in [0.15, 0.2) is 88.7 Å². The van der Waals surface area contributed by atoms with Gasteiger partial charge in [0.2, 0.25) is 0 Å². The number of carbonyl (C=O) groups excluding carboxylic acids is 2. The fraction of sp³-hybridized carbons (Fsp3) is 0.0909. The van der Waals surface area contributed by atoms with Gasteiger partial charge in [0.15, 0.2) is 0 Å². The van der Waals surface area contributed by atoms with E-state index in [0.29, 0.717) is 5.69 Å². The number of carbonyl (C=O) groups is 2. The van der Waals surface area contributed by atoms with Crippen molar-refractivity contribution < 1.29 is 19.1 Å². The third-order valence-electron chi connectivity index (χ3n) is 4.21. The quantitative estimate of drug-likeness (QED) is 0.651. The number of methoxy groups -OCH3 is 2. The number of allylic oxidation sites excluding steroid dienone is 2. The van der Waals surface area contributed by atoms with E-state index in [1.54, 1.807) is 23.3 Å². The van der Waals surface area contributed by atoms with Crippen molar-refractivity contribution in [1.82, 2.24) is 0 Å². The molecular weight excluding hydrogens is 422 g/mol. The highest BCUT2D eigenvalue weighted by Gasteiger charge is 2.27. The zero-order valence-electron chi connectivity index (χ0n) is 15.4. The Balaban J connectivity index is 2.03. The summed E-state index contributed by atoms with van der Waals surface area (Å²) in [6.07, 6.45) is 6.64. The van der Waals surface area contributed by atoms with E-state index in [2.05, 4.69) is 15.9 Å². The maximum absolute atomic E-state index is 12.5. The van der Waals surface area contributed by atoms with Crippen LogP contribution < -0.4 is 4.90 Å². The number of halogens is 1. The third-order valence-corrected chi connectivity index (χ3v) is 4.74. The van der Waals surface area contributed by atoms with Gasteiger partial charge in [0.05, 0.1) is 19.8 Å². The first-order valence-electron chi connectivity index (χ1n) is 8.46. The number of hydrogen-bond acceptors (Lipinski definition) is 5. The molecule has 5 nitrogen and oxygen atoms in total. The highest BCUT2D eigenvalue weighted by atomic mass is 79.9. The highest BCUT2D eigenvalue weighted by Crippen LogP contribution is 2.29. The van der Waals surface area contributed by atoms with E-state index < -0.39 is 11.9 Å². The maximum atomic E-state index is 12.5. The van der Waals surface area contributed by atoms with Crippen LogP contribution in [0.5, 0.6) is 0 Å². The van der Waals surface area contributed by atoms with Crippen LogP contribution in [-0.4, -0.2) is 26.2 Å². The molecule has 0 spiro atoms. The summed E-state index contributed by atoms with van der Waals surface area (Å²) in [5.74, 6) is -1.24. The molecule has 0 aliphatic carbocycles. The van der Waals surface area contributed by atoms with Crippen molar-refractivity contribution in [2.24, 2.45) is 0 Å². The zero-order valence-corrected chi connectivity index (χ0v) is 17.0. The van der Waals surface area contributed by atoms with Crippen LogP contribution in [0.25, 0.3) is 11.1 Å². The van der Waals surface area contributed by atoms with Gasteiger partial charge in [-0.3, -0.25) is 0 Å². The molecule has 0 bridgehead atoms. The van der Waals surface area contributed by atoms with Gasteiger partial charge in [0, 0.05) is 16.4 Å². The van der Waals surface area contributed by atoms with Gasteiger partial charge < -0.3 is 14.4 Å². The number of ether oxygens (including phenoxy) is 2. The Labute approximate surface area is 171 Å². The molecule has 0 saturated heterocycles. The van der Waals surface area contributed by atoms with E-state index in [1.807, 2.05) is 48.5 Å². The summed E-state index contributed by atoms with van der Waals surface area (Å²) in [5.41, 5.74) is 3.03. The maximum Gasteiger partial charge on any atom is 0.355 e. The van der Waals surface area contributed by atoms with Gasteiger partial charge in [-0.25, -0.2) is 9.59 Å². The van der Waals surface area contributed by atoms with E-state index >= 15 is 0 Å². The molecule has 6 heteroatoms. The first-order valence-corrected chi connectivity index (χ1v) is 9.25. The van der Waals surface area contributed by atoms with Crippen molar-refractivity contribution in [3.63, 3.8) is 0 Å². The monoisotopic (exact) mass is 439 g/mol. The minimum Gasteiger partial charge on any atom is -0.465 e. The van der Waals surface area contributed by atoms with E-state index in [9.17, 15) is 9.59 Å². The Morgan fingerprint density at radius 3 is 1.96 bits per heavy atom. The number of esters is 2. The summed E-state index contributed by atoms with van der Waals surface area (Å²) in [7, 11) is 2.55. The van der Waals surface area contributed by atoms with Gasteiger partial charge in [-0.2, -0.15) is 0 Å². The first kappa shape index (κ1) is 19.6. The summed E-state index contributed by atoms with van der Waals surface area (Å²) in [6, 6.07) is 15.7. The molecule has 0 unspecified atom stereocenters. The van der Waals surface area contributed by atoms with Crippen LogP contribution in [0.3, 0.4) is 0 Å². The van der Waals surface area contributed by atoms with E-state index in [0.717, 1.165) is 15.6 Å². The first-order chi connectivity index (χ1) is 13.5. The summed E-state index contributed by atoms with van der Waals surface area (Å²) in [4.78, 5) is 26.3. The predicted octanol–water partition coefficient (Wildman–Crippen LogP) is 4.61. The summed E-state index contributed by atoms with van der Waals surface area (Å²) < 4.78 is 10.7. The lowest BCUT2D eigenvalue weighted by Gasteiger charge is -2.23. The minimum absolute atomic E-state index is 0.0933. The SMILES string of the molecule is COC(=O)C1=C(C(=O)OC)N(c2ccc(-c3ccc(Br)cc3)cc2)C=CC=C1. The number of anilines is 1. The molecule has 0 fully saturated rings. The topological polar surface area (TPSA) is 55.8 Å². The molecule has 0 atom stereocenters. The fourth-order valence-corrected chi connectivity index (χ4v) is 3.09. The standard InChI is InChI=1S/C22H18BrNO4/c1-27-21(25)19-5-3-4-14-24(20(19)22(26)28-2)18-12-8-16(9-13-18)15-6-10-17(23)11-7-15/h3-14H,1-2H3. The largest absolute Gasteiger partial charge is 0.465 e. The Hall–Kier alpha value is -3.12. The molecule has 1 aliphatic heterocycles. The fourth-order valence-electron chi connectivity index (χ4n) is 2.82. The second-order valence-corrected chi connectivity index (χ2v) is 6.79. The smallest absolute Gasteiger partial charge is 0.355 e. The summed E-state index contributed by atoms with van der Waals surface area (Å²) >= 11 is 3.43. The Kier molecular flexibility index (Phi) is 6.11. The molecule has 0 N–H and O–H groups in total. The molecule has 0 aromatic heterocycles.